The van der Waals surface area contributed by atoms with Crippen LogP contribution in [0, 0.1) is 5.92 Å². The third kappa shape index (κ3) is 4.45. The maximum Gasteiger partial charge on any atom is 0.408 e. The molecule has 2 saturated heterocycles. The molecule has 2 aliphatic heterocycles. The summed E-state index contributed by atoms with van der Waals surface area (Å²) in [4.78, 5) is 34.4. The summed E-state index contributed by atoms with van der Waals surface area (Å²) in [5, 5.41) is 11.2. The molecular formula is C22H21F5N4O3S. The molecule has 35 heavy (non-hydrogen) atoms. The Morgan fingerprint density at radius 3 is 2.26 bits per heavy atom. The molecule has 0 spiro atoms. The molecule has 4 heterocycles. The van der Waals surface area contributed by atoms with Crippen LogP contribution in [0.25, 0.3) is 10.4 Å². The Bertz CT molecular complexity index is 1150. The number of hydrogen-bond acceptors (Lipinski definition) is 6. The highest BCUT2D eigenvalue weighted by molar-refractivity contribution is 7.17. The van der Waals surface area contributed by atoms with Gasteiger partial charge in [-0.15, -0.1) is 11.3 Å². The van der Waals surface area contributed by atoms with Crippen molar-refractivity contribution in [3.05, 3.63) is 28.5 Å². The second-order valence-electron chi connectivity index (χ2n) is 9.14. The largest absolute Gasteiger partial charge is 0.476 e. The molecule has 3 fully saturated rings. The highest BCUT2D eigenvalue weighted by Crippen LogP contribution is 2.44. The van der Waals surface area contributed by atoms with Gasteiger partial charge < -0.3 is 15.3 Å². The number of rotatable bonds is 7. The van der Waals surface area contributed by atoms with Gasteiger partial charge in [0.05, 0.1) is 4.88 Å². The van der Waals surface area contributed by atoms with Crippen molar-refractivity contribution >= 4 is 29.0 Å². The van der Waals surface area contributed by atoms with E-state index in [0.717, 1.165) is 37.9 Å². The Balaban J connectivity index is 1.53. The normalized spacial score (nSPS) is 22.6. The minimum atomic E-state index is -4.57. The summed E-state index contributed by atoms with van der Waals surface area (Å²) in [6.07, 6.45) is -2.73. The number of carboxylic acid groups (broad SMARTS) is 1. The van der Waals surface area contributed by atoms with E-state index in [1.165, 1.54) is 0 Å². The minimum absolute atomic E-state index is 0.00340. The van der Waals surface area contributed by atoms with Crippen LogP contribution in [0.1, 0.15) is 70.8 Å². The van der Waals surface area contributed by atoms with Crippen molar-refractivity contribution in [2.24, 2.45) is 5.92 Å². The molecule has 1 atom stereocenters. The second kappa shape index (κ2) is 8.68. The van der Waals surface area contributed by atoms with E-state index in [4.69, 9.17) is 0 Å². The van der Waals surface area contributed by atoms with E-state index >= 15 is 0 Å². The van der Waals surface area contributed by atoms with Crippen molar-refractivity contribution in [3.63, 3.8) is 0 Å². The van der Waals surface area contributed by atoms with E-state index in [1.807, 2.05) is 0 Å². The lowest BCUT2D eigenvalue weighted by molar-refractivity contribution is -0.146. The molecule has 13 heteroatoms. The summed E-state index contributed by atoms with van der Waals surface area (Å²) in [6, 6.07) is -1.08. The molecule has 1 amide bonds. The summed E-state index contributed by atoms with van der Waals surface area (Å²) in [5.74, 6) is -2.96. The van der Waals surface area contributed by atoms with Crippen LogP contribution >= 0.6 is 11.3 Å². The van der Waals surface area contributed by atoms with Crippen molar-refractivity contribution in [1.82, 2.24) is 14.9 Å². The van der Waals surface area contributed by atoms with Crippen LogP contribution in [0.3, 0.4) is 0 Å². The third-order valence-electron chi connectivity index (χ3n) is 6.87. The van der Waals surface area contributed by atoms with Gasteiger partial charge in [0, 0.05) is 29.4 Å². The van der Waals surface area contributed by atoms with Crippen molar-refractivity contribution in [1.29, 1.82) is 0 Å². The van der Waals surface area contributed by atoms with E-state index in [9.17, 15) is 36.6 Å². The number of anilines is 1. The molecule has 0 radical (unpaired) electrons. The highest BCUT2D eigenvalue weighted by atomic mass is 32.1. The Kier molecular flexibility index (Phi) is 5.93. The molecule has 2 aromatic heterocycles. The summed E-state index contributed by atoms with van der Waals surface area (Å²) >= 11 is 0.569. The van der Waals surface area contributed by atoms with E-state index in [-0.39, 0.29) is 34.0 Å². The molecule has 0 unspecified atom stereocenters. The molecule has 2 bridgehead atoms. The molecule has 2 N–H and O–H groups in total. The number of fused-ring (bicyclic) bond motifs is 2. The van der Waals surface area contributed by atoms with Crippen molar-refractivity contribution < 1.29 is 36.6 Å². The number of carbonyl (C=O) groups excluding carboxylic acids is 1. The Labute approximate surface area is 200 Å². The number of thiazole rings is 1. The van der Waals surface area contributed by atoms with Crippen LogP contribution in [0.5, 0.6) is 0 Å². The van der Waals surface area contributed by atoms with Crippen LogP contribution in [-0.4, -0.2) is 56.2 Å². The number of carbonyl (C=O) groups is 2. The van der Waals surface area contributed by atoms with E-state index in [2.05, 4.69) is 15.3 Å². The average molecular weight is 516 g/mol. The fraction of sp³-hybridized carbons (Fsp3) is 0.545. The highest BCUT2D eigenvalue weighted by Gasteiger charge is 2.49. The smallest absolute Gasteiger partial charge is 0.408 e. The zero-order valence-corrected chi connectivity index (χ0v) is 19.0. The first-order chi connectivity index (χ1) is 16.5. The quantitative estimate of drug-likeness (QED) is 0.481. The predicted molar refractivity (Wildman–Crippen MR) is 116 cm³/mol. The molecular weight excluding hydrogens is 495 g/mol. The van der Waals surface area contributed by atoms with Crippen LogP contribution in [0.15, 0.2) is 12.3 Å². The van der Waals surface area contributed by atoms with Gasteiger partial charge in [0.1, 0.15) is 17.6 Å². The van der Waals surface area contributed by atoms with Gasteiger partial charge in [-0.2, -0.15) is 13.2 Å². The predicted octanol–water partition coefficient (Wildman–Crippen LogP) is 5.36. The van der Waals surface area contributed by atoms with Crippen LogP contribution in [-0.2, 0) is 0 Å². The molecule has 1 aliphatic carbocycles. The summed E-state index contributed by atoms with van der Waals surface area (Å²) in [7, 11) is 0. The van der Waals surface area contributed by atoms with Crippen LogP contribution in [0.4, 0.5) is 27.8 Å². The Morgan fingerprint density at radius 1 is 1.11 bits per heavy atom. The fourth-order valence-corrected chi connectivity index (χ4v) is 6.01. The van der Waals surface area contributed by atoms with Crippen molar-refractivity contribution in [3.8, 4) is 10.4 Å². The number of alkyl halides is 5. The lowest BCUT2D eigenvalue weighted by Crippen LogP contribution is -2.38. The van der Waals surface area contributed by atoms with E-state index < -0.39 is 47.0 Å². The first-order valence-electron chi connectivity index (χ1n) is 11.2. The topological polar surface area (TPSA) is 95.4 Å². The number of aromatic carboxylic acids is 1. The van der Waals surface area contributed by atoms with Gasteiger partial charge in [-0.05, 0) is 50.5 Å². The zero-order chi connectivity index (χ0) is 25.1. The van der Waals surface area contributed by atoms with Gasteiger partial charge >= 0.3 is 12.1 Å². The average Bonchev–Trinajstić information content (AvgIpc) is 3.23. The number of hydrogen-bond donors (Lipinski definition) is 2. The number of nitrogens with one attached hydrogen (secondary N) is 1. The van der Waals surface area contributed by atoms with Crippen molar-refractivity contribution in [2.45, 2.75) is 69.3 Å². The number of halogens is 5. The minimum Gasteiger partial charge on any atom is -0.476 e. The molecule has 2 aromatic rings. The van der Waals surface area contributed by atoms with Crippen LogP contribution < -0.4 is 5.32 Å². The summed E-state index contributed by atoms with van der Waals surface area (Å²) in [5.41, 5.74) is -1.12. The van der Waals surface area contributed by atoms with E-state index in [0.29, 0.717) is 24.2 Å². The SMILES string of the molecule is O=C(O)c1nc(C(=O)N2C3CCC2CC3)c(-c2cnc(N[C@@H](C3CC3)C(F)(F)F)cc2C(F)F)s1. The number of aromatic nitrogens is 2. The van der Waals surface area contributed by atoms with Crippen molar-refractivity contribution in [2.75, 3.05) is 5.32 Å². The van der Waals surface area contributed by atoms with Gasteiger partial charge in [0.15, 0.2) is 0 Å². The van der Waals surface area contributed by atoms with Gasteiger partial charge in [-0.1, -0.05) is 0 Å². The molecule has 7 nitrogen and oxygen atoms in total. The standard InChI is InChI=1S/C22H21F5N4O3S/c23-18(24)12-7-14(29-17(9-1-2-9)22(25,26)27)28-8-13(12)16-15(30-19(35-16)21(33)34)20(32)31-10-3-4-11(31)6-5-10/h7-11,17-18H,1-6H2,(H,28,29)(H,33,34)/t10?,11?,17-/m0/s1. The molecule has 3 aliphatic rings. The molecule has 0 aromatic carbocycles. The number of pyridine rings is 1. The summed E-state index contributed by atoms with van der Waals surface area (Å²) in [6.45, 7) is 0. The third-order valence-corrected chi connectivity index (χ3v) is 7.94. The lowest BCUT2D eigenvalue weighted by Gasteiger charge is -2.23. The van der Waals surface area contributed by atoms with Gasteiger partial charge in [-0.25, -0.2) is 23.5 Å². The monoisotopic (exact) mass is 516 g/mol. The summed E-state index contributed by atoms with van der Waals surface area (Å²) < 4.78 is 68.3. The van der Waals surface area contributed by atoms with Crippen LogP contribution in [0.2, 0.25) is 0 Å². The number of amides is 1. The fourth-order valence-electron chi connectivity index (χ4n) is 5.08. The molecule has 1 saturated carbocycles. The molecule has 5 rings (SSSR count). The number of carboxylic acids is 1. The van der Waals surface area contributed by atoms with Gasteiger partial charge in [0.25, 0.3) is 12.3 Å². The first-order valence-corrected chi connectivity index (χ1v) is 12.0. The Hall–Kier alpha value is -2.83. The zero-order valence-electron chi connectivity index (χ0n) is 18.2. The molecule has 188 valence electrons. The maximum atomic E-state index is 14.1. The van der Waals surface area contributed by atoms with E-state index in [1.54, 1.807) is 4.90 Å². The number of nitrogens with zero attached hydrogens (tertiary/aromatic N) is 3. The first kappa shape index (κ1) is 23.9. The van der Waals surface area contributed by atoms with Gasteiger partial charge in [-0.3, -0.25) is 4.79 Å². The maximum absolute atomic E-state index is 14.1. The second-order valence-corrected chi connectivity index (χ2v) is 10.1. The lowest BCUT2D eigenvalue weighted by atomic mass is 10.0. The van der Waals surface area contributed by atoms with Gasteiger partial charge in [0.2, 0.25) is 5.01 Å². The Morgan fingerprint density at radius 2 is 1.74 bits per heavy atom.